The zero-order valence-corrected chi connectivity index (χ0v) is 19.6. The Balaban J connectivity index is 1.49. The number of nitrogens with zero attached hydrogens (tertiary/aromatic N) is 1. The molecule has 2 saturated heterocycles. The number of hydrogen-bond acceptors (Lipinski definition) is 4. The summed E-state index contributed by atoms with van der Waals surface area (Å²) in [6, 6.07) is 12.6. The van der Waals surface area contributed by atoms with E-state index in [-0.39, 0.29) is 11.7 Å². The fourth-order valence-electron chi connectivity index (χ4n) is 5.09. The lowest BCUT2D eigenvalue weighted by atomic mass is 9.74. The molecule has 1 amide bonds. The van der Waals surface area contributed by atoms with E-state index in [1.165, 1.54) is 31.4 Å². The average Bonchev–Trinajstić information content (AvgIpc) is 2.85. The van der Waals surface area contributed by atoms with Crippen molar-refractivity contribution in [1.82, 2.24) is 10.2 Å². The van der Waals surface area contributed by atoms with Gasteiger partial charge in [0.2, 0.25) is 5.91 Å². The second-order valence-electron chi connectivity index (χ2n) is 9.27. The molecule has 0 atom stereocenters. The molecule has 1 N–H and O–H groups in total. The summed E-state index contributed by atoms with van der Waals surface area (Å²) in [7, 11) is 1.59. The minimum atomic E-state index is -0.481. The second-order valence-corrected chi connectivity index (χ2v) is 9.27. The van der Waals surface area contributed by atoms with Crippen LogP contribution in [0.3, 0.4) is 0 Å². The van der Waals surface area contributed by atoms with E-state index >= 15 is 0 Å². The van der Waals surface area contributed by atoms with Crippen molar-refractivity contribution in [2.24, 2.45) is 5.41 Å². The van der Waals surface area contributed by atoms with Crippen LogP contribution in [-0.4, -0.2) is 57.3 Å². The number of methoxy groups -OCH3 is 1. The summed E-state index contributed by atoms with van der Waals surface area (Å²) in [5.41, 5.74) is 2.18. The minimum Gasteiger partial charge on any atom is -0.496 e. The van der Waals surface area contributed by atoms with Crippen molar-refractivity contribution in [1.29, 1.82) is 0 Å². The maximum atomic E-state index is 13.9. The summed E-state index contributed by atoms with van der Waals surface area (Å²) in [5, 5.41) is 3.23. The number of amides is 1. The Bertz CT molecular complexity index is 937. The number of carbonyl (C=O) groups excluding carboxylic acids is 1. The Morgan fingerprint density at radius 2 is 1.91 bits per heavy atom. The van der Waals surface area contributed by atoms with E-state index in [1.54, 1.807) is 13.2 Å². The monoisotopic (exact) mass is 454 g/mol. The number of piperidine rings is 1. The maximum absolute atomic E-state index is 13.9. The molecule has 178 valence electrons. The molecular formula is C27H35FN2O3. The largest absolute Gasteiger partial charge is 0.496 e. The fourth-order valence-corrected chi connectivity index (χ4v) is 5.09. The van der Waals surface area contributed by atoms with Crippen LogP contribution in [0.4, 0.5) is 4.39 Å². The lowest BCUT2D eigenvalue weighted by Crippen LogP contribution is -2.48. The van der Waals surface area contributed by atoms with E-state index in [0.717, 1.165) is 30.8 Å². The van der Waals surface area contributed by atoms with E-state index in [0.29, 0.717) is 50.3 Å². The summed E-state index contributed by atoms with van der Waals surface area (Å²) < 4.78 is 25.0. The molecule has 0 aromatic heterocycles. The van der Waals surface area contributed by atoms with Gasteiger partial charge in [-0.05, 0) is 74.5 Å². The summed E-state index contributed by atoms with van der Waals surface area (Å²) >= 11 is 0. The van der Waals surface area contributed by atoms with Crippen LogP contribution in [0.25, 0.3) is 11.1 Å². The van der Waals surface area contributed by atoms with Crippen LogP contribution in [0.15, 0.2) is 42.5 Å². The lowest BCUT2D eigenvalue weighted by Gasteiger charge is -2.36. The number of halogens is 1. The standard InChI is InChI=1S/C27H35FN2O3/c1-32-25-9-8-23(28)19-24(25)22-7-5-6-21(18-22)20-27(10-16-33-17-11-27)26(31)29-12-15-30-13-3-2-4-14-30/h5-9,18-19H,2-4,10-17,20H2,1H3,(H,29,31). The van der Waals surface area contributed by atoms with Crippen molar-refractivity contribution in [2.45, 2.75) is 38.5 Å². The first-order valence-electron chi connectivity index (χ1n) is 12.1. The molecule has 0 aliphatic carbocycles. The van der Waals surface area contributed by atoms with Crippen LogP contribution >= 0.6 is 0 Å². The molecule has 2 heterocycles. The number of hydrogen-bond donors (Lipinski definition) is 1. The summed E-state index contributed by atoms with van der Waals surface area (Å²) in [6.07, 6.45) is 5.86. The summed E-state index contributed by atoms with van der Waals surface area (Å²) in [4.78, 5) is 15.9. The summed E-state index contributed by atoms with van der Waals surface area (Å²) in [6.45, 7) is 5.04. The van der Waals surface area contributed by atoms with Crippen molar-refractivity contribution in [3.05, 3.63) is 53.8 Å². The number of ether oxygens (including phenoxy) is 2. The SMILES string of the molecule is COc1ccc(F)cc1-c1cccc(CC2(C(=O)NCCN3CCCCC3)CCOCC2)c1. The van der Waals surface area contributed by atoms with E-state index in [4.69, 9.17) is 9.47 Å². The zero-order chi connectivity index (χ0) is 23.1. The average molecular weight is 455 g/mol. The van der Waals surface area contributed by atoms with Gasteiger partial charge in [0.25, 0.3) is 0 Å². The van der Waals surface area contributed by atoms with E-state index in [2.05, 4.69) is 16.3 Å². The number of rotatable bonds is 8. The quantitative estimate of drug-likeness (QED) is 0.641. The number of carbonyl (C=O) groups is 1. The molecule has 2 aliphatic heterocycles. The van der Waals surface area contributed by atoms with Crippen molar-refractivity contribution in [3.8, 4) is 16.9 Å². The third-order valence-electron chi connectivity index (χ3n) is 7.04. The van der Waals surface area contributed by atoms with Gasteiger partial charge in [-0.1, -0.05) is 30.7 Å². The fraction of sp³-hybridized carbons (Fsp3) is 0.519. The number of likely N-dealkylation sites (tertiary alicyclic amines) is 1. The van der Waals surface area contributed by atoms with Gasteiger partial charge in [0, 0.05) is 31.9 Å². The molecule has 4 rings (SSSR count). The van der Waals surface area contributed by atoms with E-state index in [9.17, 15) is 9.18 Å². The van der Waals surface area contributed by atoms with Gasteiger partial charge >= 0.3 is 0 Å². The molecule has 0 radical (unpaired) electrons. The zero-order valence-electron chi connectivity index (χ0n) is 19.6. The van der Waals surface area contributed by atoms with E-state index < -0.39 is 5.41 Å². The van der Waals surface area contributed by atoms with Gasteiger partial charge in [-0.25, -0.2) is 4.39 Å². The smallest absolute Gasteiger partial charge is 0.226 e. The molecule has 2 aromatic carbocycles. The molecular weight excluding hydrogens is 419 g/mol. The molecule has 5 nitrogen and oxygen atoms in total. The Morgan fingerprint density at radius 1 is 1.12 bits per heavy atom. The van der Waals surface area contributed by atoms with E-state index in [1.807, 2.05) is 18.2 Å². The van der Waals surface area contributed by atoms with Crippen LogP contribution < -0.4 is 10.1 Å². The molecule has 6 heteroatoms. The molecule has 2 aliphatic rings. The first kappa shape index (κ1) is 23.7. The Hall–Kier alpha value is -2.44. The Morgan fingerprint density at radius 3 is 2.67 bits per heavy atom. The van der Waals surface area contributed by atoms with Gasteiger partial charge in [0.1, 0.15) is 11.6 Å². The predicted molar refractivity (Wildman–Crippen MR) is 128 cm³/mol. The maximum Gasteiger partial charge on any atom is 0.226 e. The third kappa shape index (κ3) is 5.92. The van der Waals surface area contributed by atoms with Crippen LogP contribution in [0.5, 0.6) is 5.75 Å². The minimum absolute atomic E-state index is 0.122. The second kappa shape index (κ2) is 11.1. The highest BCUT2D eigenvalue weighted by Gasteiger charge is 2.40. The molecule has 2 aromatic rings. The van der Waals surface area contributed by atoms with Gasteiger partial charge in [-0.15, -0.1) is 0 Å². The highest BCUT2D eigenvalue weighted by atomic mass is 19.1. The van der Waals surface area contributed by atoms with Crippen molar-refractivity contribution in [2.75, 3.05) is 46.5 Å². The van der Waals surface area contributed by atoms with Crippen LogP contribution in [0.1, 0.15) is 37.7 Å². The highest BCUT2D eigenvalue weighted by molar-refractivity contribution is 5.83. The molecule has 2 fully saturated rings. The summed E-state index contributed by atoms with van der Waals surface area (Å²) in [5.74, 6) is 0.450. The number of benzene rings is 2. The van der Waals surface area contributed by atoms with Crippen molar-refractivity contribution >= 4 is 5.91 Å². The van der Waals surface area contributed by atoms with Gasteiger partial charge in [-0.2, -0.15) is 0 Å². The van der Waals surface area contributed by atoms with Gasteiger partial charge in [0.15, 0.2) is 0 Å². The molecule has 33 heavy (non-hydrogen) atoms. The van der Waals surface area contributed by atoms with Gasteiger partial charge in [0.05, 0.1) is 12.5 Å². The van der Waals surface area contributed by atoms with Gasteiger partial charge < -0.3 is 19.7 Å². The van der Waals surface area contributed by atoms with Crippen molar-refractivity contribution in [3.63, 3.8) is 0 Å². The first-order chi connectivity index (χ1) is 16.1. The van der Waals surface area contributed by atoms with Crippen LogP contribution in [0.2, 0.25) is 0 Å². The molecule has 0 spiro atoms. The highest BCUT2D eigenvalue weighted by Crippen LogP contribution is 2.37. The first-order valence-corrected chi connectivity index (χ1v) is 12.1. The van der Waals surface area contributed by atoms with Crippen molar-refractivity contribution < 1.29 is 18.7 Å². The van der Waals surface area contributed by atoms with Crippen LogP contribution in [-0.2, 0) is 16.0 Å². The molecule has 0 bridgehead atoms. The van der Waals surface area contributed by atoms with Crippen LogP contribution in [0, 0.1) is 11.2 Å². The Kier molecular flexibility index (Phi) is 7.99. The topological polar surface area (TPSA) is 50.8 Å². The normalized spacial score (nSPS) is 18.6. The van der Waals surface area contributed by atoms with Gasteiger partial charge in [-0.3, -0.25) is 4.79 Å². The molecule has 0 unspecified atom stereocenters. The molecule has 0 saturated carbocycles. The third-order valence-corrected chi connectivity index (χ3v) is 7.04. The lowest BCUT2D eigenvalue weighted by molar-refractivity contribution is -0.136. The number of nitrogens with one attached hydrogen (secondary N) is 1. The predicted octanol–water partition coefficient (Wildman–Crippen LogP) is 4.44. The Labute approximate surface area is 196 Å².